The van der Waals surface area contributed by atoms with Crippen LogP contribution < -0.4 is 0 Å². The molecule has 0 radical (unpaired) electrons. The smallest absolute Gasteiger partial charge is 0.410 e. The van der Waals surface area contributed by atoms with Crippen molar-refractivity contribution in [3.63, 3.8) is 0 Å². The molecule has 1 saturated heterocycles. The van der Waals surface area contributed by atoms with Gasteiger partial charge < -0.3 is 19.8 Å². The fourth-order valence-corrected chi connectivity index (χ4v) is 2.28. The zero-order chi connectivity index (χ0) is 15.6. The van der Waals surface area contributed by atoms with Gasteiger partial charge in [-0.2, -0.15) is 0 Å². The Morgan fingerprint density at radius 1 is 1.50 bits per heavy atom. The SMILES string of the molecule is C=CCC1(O)CCN(C(=O)OC(C)(C)C)CC1C(=O)O. The van der Waals surface area contributed by atoms with Crippen molar-refractivity contribution in [2.45, 2.75) is 44.8 Å². The molecule has 1 heterocycles. The third-order valence-corrected chi connectivity index (χ3v) is 3.31. The van der Waals surface area contributed by atoms with Crippen molar-refractivity contribution >= 4 is 12.1 Å². The van der Waals surface area contributed by atoms with Crippen molar-refractivity contribution in [1.29, 1.82) is 0 Å². The summed E-state index contributed by atoms with van der Waals surface area (Å²) in [6, 6.07) is 0. The average Bonchev–Trinajstić information content (AvgIpc) is 2.26. The molecule has 1 rings (SSSR count). The Bertz CT molecular complexity index is 401. The minimum absolute atomic E-state index is 0.0609. The summed E-state index contributed by atoms with van der Waals surface area (Å²) in [6.45, 7) is 8.99. The lowest BCUT2D eigenvalue weighted by atomic mass is 9.78. The molecule has 0 spiro atoms. The first-order valence-electron chi connectivity index (χ1n) is 6.63. The summed E-state index contributed by atoms with van der Waals surface area (Å²) in [4.78, 5) is 24.6. The van der Waals surface area contributed by atoms with Crippen LogP contribution in [0.2, 0.25) is 0 Å². The largest absolute Gasteiger partial charge is 0.481 e. The van der Waals surface area contributed by atoms with E-state index in [-0.39, 0.29) is 25.9 Å². The molecule has 0 aromatic carbocycles. The lowest BCUT2D eigenvalue weighted by molar-refractivity contribution is -0.158. The van der Waals surface area contributed by atoms with Crippen LogP contribution in [0, 0.1) is 5.92 Å². The predicted molar refractivity (Wildman–Crippen MR) is 73.3 cm³/mol. The highest BCUT2D eigenvalue weighted by molar-refractivity contribution is 5.74. The molecular formula is C14H23NO5. The van der Waals surface area contributed by atoms with Gasteiger partial charge in [0.15, 0.2) is 0 Å². The molecule has 0 aromatic heterocycles. The van der Waals surface area contributed by atoms with Crippen LogP contribution in [0.25, 0.3) is 0 Å². The van der Waals surface area contributed by atoms with E-state index in [1.807, 2.05) is 0 Å². The molecule has 2 N–H and O–H groups in total. The predicted octanol–water partition coefficient (Wildman–Crippen LogP) is 1.64. The van der Waals surface area contributed by atoms with Gasteiger partial charge in [-0.25, -0.2) is 4.79 Å². The maximum Gasteiger partial charge on any atom is 0.410 e. The van der Waals surface area contributed by atoms with Crippen molar-refractivity contribution < 1.29 is 24.5 Å². The summed E-state index contributed by atoms with van der Waals surface area (Å²) in [5.74, 6) is -2.16. The van der Waals surface area contributed by atoms with Crippen LogP contribution in [0.15, 0.2) is 12.7 Å². The Kier molecular flexibility index (Phi) is 4.81. The minimum atomic E-state index is -1.36. The molecule has 2 unspecified atom stereocenters. The second-order valence-electron chi connectivity index (χ2n) is 6.16. The van der Waals surface area contributed by atoms with E-state index in [0.717, 1.165) is 0 Å². The molecule has 0 aromatic rings. The van der Waals surface area contributed by atoms with E-state index in [1.54, 1.807) is 20.8 Å². The Balaban J connectivity index is 2.81. The van der Waals surface area contributed by atoms with Gasteiger partial charge >= 0.3 is 12.1 Å². The average molecular weight is 285 g/mol. The van der Waals surface area contributed by atoms with Crippen molar-refractivity contribution in [2.75, 3.05) is 13.1 Å². The summed E-state index contributed by atoms with van der Waals surface area (Å²) in [5.41, 5.74) is -1.99. The van der Waals surface area contributed by atoms with Crippen LogP contribution >= 0.6 is 0 Å². The number of carbonyl (C=O) groups excluding carboxylic acids is 1. The third-order valence-electron chi connectivity index (χ3n) is 3.31. The Labute approximate surface area is 119 Å². The van der Waals surface area contributed by atoms with E-state index in [4.69, 9.17) is 4.74 Å². The number of carbonyl (C=O) groups is 2. The highest BCUT2D eigenvalue weighted by Crippen LogP contribution is 2.32. The first kappa shape index (κ1) is 16.5. The lowest BCUT2D eigenvalue weighted by Crippen LogP contribution is -2.56. The molecule has 1 fully saturated rings. The number of ether oxygens (including phenoxy) is 1. The maximum atomic E-state index is 12.0. The number of hydrogen-bond acceptors (Lipinski definition) is 4. The van der Waals surface area contributed by atoms with Gasteiger partial charge in [0.1, 0.15) is 11.5 Å². The van der Waals surface area contributed by atoms with Gasteiger partial charge in [0.2, 0.25) is 0 Å². The first-order valence-corrected chi connectivity index (χ1v) is 6.63. The molecule has 6 heteroatoms. The van der Waals surface area contributed by atoms with Crippen molar-refractivity contribution in [2.24, 2.45) is 5.92 Å². The highest BCUT2D eigenvalue weighted by atomic mass is 16.6. The van der Waals surface area contributed by atoms with Gasteiger partial charge in [0, 0.05) is 13.1 Å². The van der Waals surface area contributed by atoms with Crippen LogP contribution in [0.5, 0.6) is 0 Å². The number of carboxylic acid groups (broad SMARTS) is 1. The molecule has 6 nitrogen and oxygen atoms in total. The quantitative estimate of drug-likeness (QED) is 0.770. The number of amides is 1. The topological polar surface area (TPSA) is 87.1 Å². The van der Waals surface area contributed by atoms with E-state index >= 15 is 0 Å². The van der Waals surface area contributed by atoms with E-state index in [0.29, 0.717) is 0 Å². The molecule has 0 aliphatic carbocycles. The number of rotatable bonds is 3. The van der Waals surface area contributed by atoms with Crippen LogP contribution in [-0.4, -0.2) is 51.5 Å². The Hall–Kier alpha value is -1.56. The molecule has 114 valence electrons. The van der Waals surface area contributed by atoms with Crippen molar-refractivity contribution in [3.8, 4) is 0 Å². The summed E-state index contributed by atoms with van der Waals surface area (Å²) in [5, 5.41) is 19.7. The van der Waals surface area contributed by atoms with Gasteiger partial charge in [-0.3, -0.25) is 4.79 Å². The van der Waals surface area contributed by atoms with Crippen LogP contribution in [0.4, 0.5) is 4.79 Å². The van der Waals surface area contributed by atoms with Gasteiger partial charge in [0.25, 0.3) is 0 Å². The number of piperidine rings is 1. The zero-order valence-corrected chi connectivity index (χ0v) is 12.3. The van der Waals surface area contributed by atoms with Crippen molar-refractivity contribution in [3.05, 3.63) is 12.7 Å². The standard InChI is InChI=1S/C14H23NO5/c1-5-6-14(19)7-8-15(9-10(14)11(16)17)12(18)20-13(2,3)4/h5,10,19H,1,6-9H2,2-4H3,(H,16,17). The zero-order valence-electron chi connectivity index (χ0n) is 12.3. The molecule has 1 aliphatic rings. The molecule has 0 saturated carbocycles. The number of aliphatic hydroxyl groups is 1. The number of carboxylic acids is 1. The number of likely N-dealkylation sites (tertiary alicyclic amines) is 1. The minimum Gasteiger partial charge on any atom is -0.481 e. The van der Waals surface area contributed by atoms with Gasteiger partial charge in [0.05, 0.1) is 5.60 Å². The monoisotopic (exact) mass is 285 g/mol. The van der Waals surface area contributed by atoms with Gasteiger partial charge in [-0.05, 0) is 33.6 Å². The highest BCUT2D eigenvalue weighted by Gasteiger charge is 2.46. The summed E-state index contributed by atoms with van der Waals surface area (Å²) >= 11 is 0. The summed E-state index contributed by atoms with van der Waals surface area (Å²) in [6.07, 6.45) is 1.32. The fraction of sp³-hybridized carbons (Fsp3) is 0.714. The van der Waals surface area contributed by atoms with E-state index in [2.05, 4.69) is 6.58 Å². The summed E-state index contributed by atoms with van der Waals surface area (Å²) < 4.78 is 5.23. The molecule has 1 aliphatic heterocycles. The molecule has 0 bridgehead atoms. The second kappa shape index (κ2) is 5.83. The third kappa shape index (κ3) is 3.96. The molecule has 20 heavy (non-hydrogen) atoms. The number of hydrogen-bond donors (Lipinski definition) is 2. The van der Waals surface area contributed by atoms with Crippen LogP contribution in [-0.2, 0) is 9.53 Å². The molecule has 2 atom stereocenters. The number of nitrogens with zero attached hydrogens (tertiary/aromatic N) is 1. The molecule has 1 amide bonds. The van der Waals surface area contributed by atoms with E-state index in [9.17, 15) is 19.8 Å². The van der Waals surface area contributed by atoms with Crippen LogP contribution in [0.3, 0.4) is 0 Å². The van der Waals surface area contributed by atoms with E-state index in [1.165, 1.54) is 11.0 Å². The first-order chi connectivity index (χ1) is 9.09. The second-order valence-corrected chi connectivity index (χ2v) is 6.16. The van der Waals surface area contributed by atoms with Crippen LogP contribution in [0.1, 0.15) is 33.6 Å². The fourth-order valence-electron chi connectivity index (χ4n) is 2.28. The summed E-state index contributed by atoms with van der Waals surface area (Å²) in [7, 11) is 0. The van der Waals surface area contributed by atoms with Gasteiger partial charge in [-0.1, -0.05) is 6.08 Å². The van der Waals surface area contributed by atoms with Crippen molar-refractivity contribution in [1.82, 2.24) is 4.90 Å². The number of aliphatic carboxylic acids is 1. The Morgan fingerprint density at radius 2 is 2.10 bits per heavy atom. The van der Waals surface area contributed by atoms with Gasteiger partial charge in [-0.15, -0.1) is 6.58 Å². The maximum absolute atomic E-state index is 12.0. The Morgan fingerprint density at radius 3 is 2.55 bits per heavy atom. The molecular weight excluding hydrogens is 262 g/mol. The van der Waals surface area contributed by atoms with E-state index < -0.39 is 29.2 Å². The normalized spacial score (nSPS) is 27.0. The lowest BCUT2D eigenvalue weighted by Gasteiger charge is -2.42.